The molecule has 0 unspecified atom stereocenters. The first-order chi connectivity index (χ1) is 19.0. The van der Waals surface area contributed by atoms with Gasteiger partial charge in [0, 0.05) is 30.5 Å². The van der Waals surface area contributed by atoms with Crippen LogP contribution in [0.25, 0.3) is 0 Å². The highest BCUT2D eigenvalue weighted by molar-refractivity contribution is 7.99. The molecule has 0 saturated carbocycles. The molecule has 1 aliphatic heterocycles. The van der Waals surface area contributed by atoms with E-state index >= 15 is 0 Å². The fourth-order valence-electron chi connectivity index (χ4n) is 4.29. The molecule has 7 nitrogen and oxygen atoms in total. The SMILES string of the molecule is O=S(=O)(NCc1ccc([C@H]2O[C@@H](CSc3ccccn3)C[C@@H](c3ccc(CO)cc3)O2)cc1)c1ccccc1. The summed E-state index contributed by atoms with van der Waals surface area (Å²) in [6.45, 7) is 0.168. The fraction of sp³-hybridized carbons (Fsp3) is 0.233. The van der Waals surface area contributed by atoms with Crippen LogP contribution in [0.4, 0.5) is 0 Å². The molecule has 1 fully saturated rings. The predicted octanol–water partition coefficient (Wildman–Crippen LogP) is 5.39. The van der Waals surface area contributed by atoms with Crippen molar-refractivity contribution in [2.75, 3.05) is 5.75 Å². The number of rotatable bonds is 10. The Morgan fingerprint density at radius 3 is 2.23 bits per heavy atom. The van der Waals surface area contributed by atoms with Crippen molar-refractivity contribution >= 4 is 21.8 Å². The Kier molecular flexibility index (Phi) is 9.08. The van der Waals surface area contributed by atoms with Crippen LogP contribution in [0.3, 0.4) is 0 Å². The molecule has 202 valence electrons. The third-order valence-corrected chi connectivity index (χ3v) is 8.93. The predicted molar refractivity (Wildman–Crippen MR) is 150 cm³/mol. The van der Waals surface area contributed by atoms with E-state index in [1.165, 1.54) is 0 Å². The van der Waals surface area contributed by atoms with Gasteiger partial charge in [-0.1, -0.05) is 72.8 Å². The van der Waals surface area contributed by atoms with Crippen LogP contribution >= 0.6 is 11.8 Å². The van der Waals surface area contributed by atoms with Crippen molar-refractivity contribution in [2.45, 2.75) is 48.0 Å². The van der Waals surface area contributed by atoms with E-state index in [1.807, 2.05) is 66.7 Å². The number of aliphatic hydroxyl groups is 1. The quantitative estimate of drug-likeness (QED) is 0.250. The molecule has 0 spiro atoms. The second kappa shape index (κ2) is 12.9. The van der Waals surface area contributed by atoms with E-state index in [-0.39, 0.29) is 30.3 Å². The zero-order chi connectivity index (χ0) is 27.1. The average molecular weight is 563 g/mol. The summed E-state index contributed by atoms with van der Waals surface area (Å²) in [6.07, 6.45) is 1.64. The number of benzene rings is 3. The second-order valence-corrected chi connectivity index (χ2v) is 12.0. The highest BCUT2D eigenvalue weighted by atomic mass is 32.2. The molecule has 1 aliphatic rings. The van der Waals surface area contributed by atoms with Gasteiger partial charge in [0.05, 0.1) is 28.7 Å². The van der Waals surface area contributed by atoms with E-state index in [9.17, 15) is 13.5 Å². The molecule has 5 rings (SSSR count). The van der Waals surface area contributed by atoms with Crippen molar-refractivity contribution in [1.29, 1.82) is 0 Å². The number of nitrogens with one attached hydrogen (secondary N) is 1. The van der Waals surface area contributed by atoms with Gasteiger partial charge in [-0.05, 0) is 41.0 Å². The normalized spacial score (nSPS) is 19.6. The van der Waals surface area contributed by atoms with Crippen LogP contribution in [-0.2, 0) is 32.6 Å². The van der Waals surface area contributed by atoms with Crippen molar-refractivity contribution < 1.29 is 23.0 Å². The molecule has 4 aromatic rings. The van der Waals surface area contributed by atoms with Crippen molar-refractivity contribution in [2.24, 2.45) is 0 Å². The molecule has 9 heteroatoms. The van der Waals surface area contributed by atoms with Crippen molar-refractivity contribution in [1.82, 2.24) is 9.71 Å². The van der Waals surface area contributed by atoms with Crippen LogP contribution in [0.15, 0.2) is 113 Å². The van der Waals surface area contributed by atoms with E-state index in [2.05, 4.69) is 9.71 Å². The van der Waals surface area contributed by atoms with E-state index in [4.69, 9.17) is 9.47 Å². The summed E-state index contributed by atoms with van der Waals surface area (Å²) >= 11 is 1.65. The van der Waals surface area contributed by atoms with Gasteiger partial charge < -0.3 is 14.6 Å². The molecule has 0 bridgehead atoms. The molecule has 0 radical (unpaired) electrons. The number of ether oxygens (including phenoxy) is 2. The summed E-state index contributed by atoms with van der Waals surface area (Å²) in [6, 6.07) is 29.6. The molecular weight excluding hydrogens is 532 g/mol. The number of hydrogen-bond donors (Lipinski definition) is 2. The minimum absolute atomic E-state index is 0.00522. The highest BCUT2D eigenvalue weighted by Gasteiger charge is 2.32. The lowest BCUT2D eigenvalue weighted by atomic mass is 10.0. The molecule has 39 heavy (non-hydrogen) atoms. The molecule has 2 heterocycles. The van der Waals surface area contributed by atoms with Crippen LogP contribution < -0.4 is 4.72 Å². The van der Waals surface area contributed by atoms with Crippen LogP contribution in [0.2, 0.25) is 0 Å². The molecule has 1 aromatic heterocycles. The Morgan fingerprint density at radius 1 is 0.846 bits per heavy atom. The molecule has 0 aliphatic carbocycles. The van der Waals surface area contributed by atoms with Crippen molar-refractivity contribution in [3.05, 3.63) is 126 Å². The summed E-state index contributed by atoms with van der Waals surface area (Å²) in [7, 11) is -3.59. The molecule has 3 aromatic carbocycles. The molecule has 2 N–H and O–H groups in total. The topological polar surface area (TPSA) is 97.8 Å². The third kappa shape index (κ3) is 7.33. The van der Waals surface area contributed by atoms with Gasteiger partial charge in [-0.25, -0.2) is 18.1 Å². The van der Waals surface area contributed by atoms with Gasteiger partial charge in [0.25, 0.3) is 0 Å². The summed E-state index contributed by atoms with van der Waals surface area (Å²) in [4.78, 5) is 4.64. The van der Waals surface area contributed by atoms with Crippen molar-refractivity contribution in [3.8, 4) is 0 Å². The summed E-state index contributed by atoms with van der Waals surface area (Å²) in [5.41, 5.74) is 3.56. The first-order valence-electron chi connectivity index (χ1n) is 12.7. The maximum Gasteiger partial charge on any atom is 0.240 e. The first kappa shape index (κ1) is 27.5. The Bertz CT molecular complexity index is 1430. The van der Waals surface area contributed by atoms with Crippen LogP contribution in [0.5, 0.6) is 0 Å². The smallest absolute Gasteiger partial charge is 0.240 e. The number of thioether (sulfide) groups is 1. The number of pyridine rings is 1. The molecule has 0 amide bonds. The monoisotopic (exact) mass is 562 g/mol. The lowest BCUT2D eigenvalue weighted by molar-refractivity contribution is -0.245. The first-order valence-corrected chi connectivity index (χ1v) is 15.1. The van der Waals surface area contributed by atoms with E-state index < -0.39 is 16.3 Å². The molecular formula is C30H30N2O5S2. The number of hydrogen-bond acceptors (Lipinski definition) is 7. The standard InChI is InChI=1S/C30H30N2O5S2/c33-20-23-11-13-24(14-12-23)28-18-26(21-38-29-8-4-5-17-31-29)36-30(37-28)25-15-9-22(10-16-25)19-32-39(34,35)27-6-2-1-3-7-27/h1-17,26,28,30,32-33H,18-21H2/t26-,28+,30+/m1/s1. The molecule has 3 atom stereocenters. The maximum absolute atomic E-state index is 12.6. The third-order valence-electron chi connectivity index (χ3n) is 6.44. The number of aromatic nitrogens is 1. The van der Waals surface area contributed by atoms with Gasteiger partial charge in [0.1, 0.15) is 0 Å². The number of sulfonamides is 1. The lowest BCUT2D eigenvalue weighted by Gasteiger charge is -2.36. The Hall–Kier alpha value is -3.05. The lowest BCUT2D eigenvalue weighted by Crippen LogP contribution is -2.31. The number of nitrogens with zero attached hydrogens (tertiary/aromatic N) is 1. The minimum Gasteiger partial charge on any atom is -0.392 e. The number of aliphatic hydroxyl groups excluding tert-OH is 1. The van der Waals surface area contributed by atoms with Gasteiger partial charge in [-0.15, -0.1) is 11.8 Å². The second-order valence-electron chi connectivity index (χ2n) is 9.21. The van der Waals surface area contributed by atoms with Crippen LogP contribution in [-0.4, -0.2) is 30.4 Å². The Balaban J connectivity index is 1.28. The Labute approximate surface area is 233 Å². The van der Waals surface area contributed by atoms with E-state index in [1.54, 1.807) is 48.3 Å². The van der Waals surface area contributed by atoms with Gasteiger partial charge in [-0.2, -0.15) is 0 Å². The highest BCUT2D eigenvalue weighted by Crippen LogP contribution is 2.39. The summed E-state index contributed by atoms with van der Waals surface area (Å²) < 4.78 is 40.6. The summed E-state index contributed by atoms with van der Waals surface area (Å²) in [5, 5.41) is 10.4. The maximum atomic E-state index is 12.6. The van der Waals surface area contributed by atoms with Gasteiger partial charge in [-0.3, -0.25) is 0 Å². The van der Waals surface area contributed by atoms with Crippen LogP contribution in [0, 0.1) is 0 Å². The fourth-order valence-corrected chi connectivity index (χ4v) is 6.21. The van der Waals surface area contributed by atoms with E-state index in [0.717, 1.165) is 33.0 Å². The zero-order valence-corrected chi connectivity index (χ0v) is 22.9. The minimum atomic E-state index is -3.59. The van der Waals surface area contributed by atoms with Gasteiger partial charge in [0.2, 0.25) is 10.0 Å². The average Bonchev–Trinajstić information content (AvgIpc) is 3.00. The Morgan fingerprint density at radius 2 is 1.54 bits per heavy atom. The summed E-state index contributed by atoms with van der Waals surface area (Å²) in [5.74, 6) is 0.724. The zero-order valence-electron chi connectivity index (χ0n) is 21.2. The largest absolute Gasteiger partial charge is 0.392 e. The van der Waals surface area contributed by atoms with E-state index in [0.29, 0.717) is 6.42 Å². The molecule has 1 saturated heterocycles. The van der Waals surface area contributed by atoms with Gasteiger partial charge in [0.15, 0.2) is 6.29 Å². The van der Waals surface area contributed by atoms with Gasteiger partial charge >= 0.3 is 0 Å². The van der Waals surface area contributed by atoms with Crippen LogP contribution in [0.1, 0.15) is 41.1 Å². The van der Waals surface area contributed by atoms with Crippen molar-refractivity contribution in [3.63, 3.8) is 0 Å².